The number of benzene rings is 1. The molecule has 0 aromatic heterocycles. The number of carbonyl (C=O) groups is 2. The van der Waals surface area contributed by atoms with Crippen molar-refractivity contribution in [2.75, 3.05) is 20.3 Å². The van der Waals surface area contributed by atoms with Crippen molar-refractivity contribution in [3.05, 3.63) is 23.8 Å². The van der Waals surface area contributed by atoms with Crippen molar-refractivity contribution in [2.45, 2.75) is 57.8 Å². The Balaban J connectivity index is 1.64. The number of methoxy groups -OCH3 is 1. The molecule has 3 rings (SSSR count). The first-order valence-electron chi connectivity index (χ1n) is 10.3. The smallest absolute Gasteiger partial charge is 0.325 e. The van der Waals surface area contributed by atoms with Crippen LogP contribution in [0.2, 0.25) is 0 Å². The number of esters is 1. The van der Waals surface area contributed by atoms with Crippen molar-refractivity contribution in [3.63, 3.8) is 0 Å². The van der Waals surface area contributed by atoms with E-state index in [-0.39, 0.29) is 31.1 Å². The molecular weight excluding hydrogens is 388 g/mol. The molecule has 1 aromatic carbocycles. The van der Waals surface area contributed by atoms with E-state index < -0.39 is 12.2 Å². The molecule has 9 heteroatoms. The summed E-state index contributed by atoms with van der Waals surface area (Å²) >= 11 is 0. The Morgan fingerprint density at radius 3 is 2.73 bits per heavy atom. The summed E-state index contributed by atoms with van der Waals surface area (Å²) in [6, 6.07) is 5.34. The zero-order chi connectivity index (χ0) is 21.7. The van der Waals surface area contributed by atoms with Gasteiger partial charge >= 0.3 is 5.97 Å². The number of amides is 1. The zero-order valence-electron chi connectivity index (χ0n) is 17.5. The van der Waals surface area contributed by atoms with Crippen LogP contribution in [0, 0.1) is 0 Å². The maximum atomic E-state index is 12.7. The van der Waals surface area contributed by atoms with Crippen LogP contribution < -0.4 is 10.5 Å². The molecule has 1 aromatic rings. The minimum absolute atomic E-state index is 0.000416. The van der Waals surface area contributed by atoms with Gasteiger partial charge in [-0.25, -0.2) is 4.99 Å². The number of hydrogen-bond donors (Lipinski definition) is 2. The Kier molecular flexibility index (Phi) is 7.15. The van der Waals surface area contributed by atoms with Gasteiger partial charge in [0, 0.05) is 18.2 Å². The van der Waals surface area contributed by atoms with Crippen molar-refractivity contribution >= 4 is 23.5 Å². The molecule has 0 bridgehead atoms. The summed E-state index contributed by atoms with van der Waals surface area (Å²) in [5, 5.41) is 10.1. The molecule has 1 atom stereocenters. The van der Waals surface area contributed by atoms with Gasteiger partial charge in [0.1, 0.15) is 18.5 Å². The van der Waals surface area contributed by atoms with Crippen molar-refractivity contribution in [1.29, 1.82) is 0 Å². The number of guanidine groups is 1. The van der Waals surface area contributed by atoms with Crippen LogP contribution in [-0.4, -0.2) is 65.3 Å². The molecule has 2 aliphatic rings. The van der Waals surface area contributed by atoms with Crippen molar-refractivity contribution < 1.29 is 24.2 Å². The highest BCUT2D eigenvalue weighted by molar-refractivity contribution is 5.87. The van der Waals surface area contributed by atoms with Crippen LogP contribution in [0.15, 0.2) is 23.2 Å². The van der Waals surface area contributed by atoms with Gasteiger partial charge in [0.2, 0.25) is 0 Å². The third-order valence-electron chi connectivity index (χ3n) is 5.54. The number of aliphatic imine (C=N–C) groups is 1. The maximum Gasteiger partial charge on any atom is 0.325 e. The van der Waals surface area contributed by atoms with Gasteiger partial charge in [0.05, 0.1) is 12.8 Å². The summed E-state index contributed by atoms with van der Waals surface area (Å²) in [5.41, 5.74) is 7.45. The van der Waals surface area contributed by atoms with Crippen LogP contribution in [0.1, 0.15) is 44.6 Å². The van der Waals surface area contributed by atoms with E-state index in [1.165, 1.54) is 13.5 Å². The molecule has 0 radical (unpaired) electrons. The monoisotopic (exact) mass is 418 g/mol. The van der Waals surface area contributed by atoms with Gasteiger partial charge in [0.15, 0.2) is 12.6 Å². The summed E-state index contributed by atoms with van der Waals surface area (Å²) in [7, 11) is 1.32. The largest absolute Gasteiger partial charge is 0.484 e. The van der Waals surface area contributed by atoms with E-state index >= 15 is 0 Å². The molecule has 9 nitrogen and oxygen atoms in total. The lowest BCUT2D eigenvalue weighted by atomic mass is 9.94. The third kappa shape index (κ3) is 5.21. The van der Waals surface area contributed by atoms with Crippen molar-refractivity contribution in [1.82, 2.24) is 9.80 Å². The van der Waals surface area contributed by atoms with Crippen LogP contribution >= 0.6 is 0 Å². The normalized spacial score (nSPS) is 17.6. The van der Waals surface area contributed by atoms with Crippen molar-refractivity contribution in [3.8, 4) is 5.75 Å². The summed E-state index contributed by atoms with van der Waals surface area (Å²) in [4.78, 5) is 31.8. The van der Waals surface area contributed by atoms with Gasteiger partial charge in [-0.05, 0) is 38.0 Å². The highest BCUT2D eigenvalue weighted by atomic mass is 16.5. The minimum atomic E-state index is -0.850. The Bertz CT molecular complexity index is 805. The minimum Gasteiger partial charge on any atom is -0.484 e. The molecule has 1 fully saturated rings. The lowest BCUT2D eigenvalue weighted by Gasteiger charge is -2.36. The first-order valence-corrected chi connectivity index (χ1v) is 10.3. The fourth-order valence-electron chi connectivity index (χ4n) is 4.02. The number of rotatable bonds is 7. The molecule has 1 heterocycles. The number of nitrogens with two attached hydrogens (primary N) is 1. The number of carbonyl (C=O) groups excluding carboxylic acids is 2. The van der Waals surface area contributed by atoms with Gasteiger partial charge < -0.3 is 30.1 Å². The van der Waals surface area contributed by atoms with Gasteiger partial charge in [-0.3, -0.25) is 9.59 Å². The topological polar surface area (TPSA) is 118 Å². The second-order valence-corrected chi connectivity index (χ2v) is 7.71. The van der Waals surface area contributed by atoms with Gasteiger partial charge in [-0.1, -0.05) is 19.3 Å². The van der Waals surface area contributed by atoms with Crippen molar-refractivity contribution in [2.24, 2.45) is 10.7 Å². The van der Waals surface area contributed by atoms with Gasteiger partial charge in [0.25, 0.3) is 5.91 Å². The molecule has 0 saturated heterocycles. The van der Waals surface area contributed by atoms with Gasteiger partial charge in [-0.2, -0.15) is 0 Å². The fourth-order valence-corrected chi connectivity index (χ4v) is 4.02. The van der Waals surface area contributed by atoms with Crippen LogP contribution in [0.5, 0.6) is 5.75 Å². The summed E-state index contributed by atoms with van der Waals surface area (Å²) < 4.78 is 10.4. The average molecular weight is 418 g/mol. The fraction of sp³-hybridized carbons (Fsp3) is 0.571. The second kappa shape index (κ2) is 9.80. The number of hydrogen-bond acceptors (Lipinski definition) is 8. The van der Waals surface area contributed by atoms with E-state index in [2.05, 4.69) is 4.99 Å². The van der Waals surface area contributed by atoms with E-state index in [9.17, 15) is 14.7 Å². The first kappa shape index (κ1) is 21.9. The Labute approximate surface area is 176 Å². The van der Waals surface area contributed by atoms with Crippen LogP contribution in [0.25, 0.3) is 0 Å². The Hall–Kier alpha value is -2.81. The third-order valence-corrected chi connectivity index (χ3v) is 5.54. The molecule has 1 saturated carbocycles. The van der Waals surface area contributed by atoms with E-state index in [4.69, 9.17) is 15.2 Å². The molecule has 3 N–H and O–H groups in total. The molecule has 1 aliphatic heterocycles. The highest BCUT2D eigenvalue weighted by Crippen LogP contribution is 2.29. The lowest BCUT2D eigenvalue weighted by molar-refractivity contribution is -0.147. The molecule has 1 aliphatic carbocycles. The number of nitrogens with zero attached hydrogens (tertiary/aromatic N) is 3. The van der Waals surface area contributed by atoms with Crippen LogP contribution in [0.4, 0.5) is 5.69 Å². The number of ether oxygens (including phenoxy) is 2. The molecule has 30 heavy (non-hydrogen) atoms. The number of aliphatic hydroxyl groups excluding tert-OH is 1. The number of aliphatic hydroxyl groups is 1. The average Bonchev–Trinajstić information content (AvgIpc) is 2.73. The van der Waals surface area contributed by atoms with E-state index in [1.807, 2.05) is 0 Å². The molecular formula is C21H30N4O5. The van der Waals surface area contributed by atoms with Gasteiger partial charge in [-0.15, -0.1) is 0 Å². The number of fused-ring (bicyclic) bond motifs is 1. The standard InChI is InChI=1S/C21H30N4O5/c1-14(26)25(16-6-4-3-5-7-16)19(27)13-30-17-8-9-18-15(10-17)11-24(21(22)23-18)12-20(28)29-2/h8-10,14,16,26H,3-7,11-13H2,1-2H3,(H2,22,23). The highest BCUT2D eigenvalue weighted by Gasteiger charge is 2.29. The summed E-state index contributed by atoms with van der Waals surface area (Å²) in [5.74, 6) is 0.126. The Morgan fingerprint density at radius 1 is 1.33 bits per heavy atom. The predicted molar refractivity (Wildman–Crippen MR) is 111 cm³/mol. The SMILES string of the molecule is COC(=O)CN1Cc2cc(OCC(=O)N(C(C)O)C3CCCCC3)ccc2N=C1N. The van der Waals surface area contributed by atoms with E-state index in [0.717, 1.165) is 31.2 Å². The van der Waals surface area contributed by atoms with E-state index in [1.54, 1.807) is 34.9 Å². The van der Waals surface area contributed by atoms with Crippen LogP contribution in [0.3, 0.4) is 0 Å². The predicted octanol–water partition coefficient (Wildman–Crippen LogP) is 1.50. The van der Waals surface area contributed by atoms with Crippen LogP contribution in [-0.2, 0) is 20.9 Å². The second-order valence-electron chi connectivity index (χ2n) is 7.71. The molecule has 164 valence electrons. The zero-order valence-corrected chi connectivity index (χ0v) is 17.5. The summed E-state index contributed by atoms with van der Waals surface area (Å²) in [6.07, 6.45) is 4.27. The quantitative estimate of drug-likeness (QED) is 0.509. The maximum absolute atomic E-state index is 12.7. The molecule has 1 unspecified atom stereocenters. The molecule has 1 amide bonds. The summed E-state index contributed by atoms with van der Waals surface area (Å²) in [6.45, 7) is 1.84. The molecule has 0 spiro atoms. The lowest BCUT2D eigenvalue weighted by Crippen LogP contribution is -2.48. The Morgan fingerprint density at radius 2 is 2.07 bits per heavy atom. The first-order chi connectivity index (χ1) is 14.4. The van der Waals surface area contributed by atoms with E-state index in [0.29, 0.717) is 18.0 Å².